The van der Waals surface area contributed by atoms with Crippen molar-refractivity contribution in [3.63, 3.8) is 0 Å². The topological polar surface area (TPSA) is 85.1 Å². The Morgan fingerprint density at radius 1 is 1.44 bits per heavy atom. The number of anilines is 2. The van der Waals surface area contributed by atoms with Crippen molar-refractivity contribution in [1.29, 1.82) is 0 Å². The number of thiazole rings is 1. The summed E-state index contributed by atoms with van der Waals surface area (Å²) in [6, 6.07) is 5.14. The minimum Gasteiger partial charge on any atom is -0.399 e. The van der Waals surface area contributed by atoms with Crippen LogP contribution in [0.2, 0.25) is 4.24 Å². The predicted molar refractivity (Wildman–Crippen MR) is 63.8 cm³/mol. The fourth-order valence-electron chi connectivity index (χ4n) is 1.03. The van der Waals surface area contributed by atoms with Gasteiger partial charge in [0, 0.05) is 17.3 Å². The summed E-state index contributed by atoms with van der Waals surface area (Å²) in [5.74, 6) is 0. The first-order valence-electron chi connectivity index (χ1n) is 5.59. The summed E-state index contributed by atoms with van der Waals surface area (Å²) < 4.78 is 46.3. The van der Waals surface area contributed by atoms with Crippen LogP contribution in [0.25, 0.3) is 0 Å². The lowest BCUT2D eigenvalue weighted by Crippen LogP contribution is -2.12. The number of nitrogens with two attached hydrogens (primary N) is 1. The molecule has 1 aromatic carbocycles. The highest BCUT2D eigenvalue weighted by Crippen LogP contribution is 2.18. The van der Waals surface area contributed by atoms with Gasteiger partial charge in [-0.15, -0.1) is 11.3 Å². The van der Waals surface area contributed by atoms with Crippen LogP contribution in [0.3, 0.4) is 0 Å². The third-order valence-corrected chi connectivity index (χ3v) is 3.81. The molecule has 0 atom stereocenters. The van der Waals surface area contributed by atoms with E-state index in [4.69, 9.17) is 4.24 Å². The molecule has 0 aliphatic carbocycles. The molecule has 0 unspecified atom stereocenters. The Balaban J connectivity index is 2.34. The molecule has 1 heterocycles. The number of benzene rings is 1. The van der Waals surface area contributed by atoms with Gasteiger partial charge in [-0.1, -0.05) is 0 Å². The average molecular weight is 258 g/mol. The molecule has 0 aliphatic heterocycles. The van der Waals surface area contributed by atoms with Gasteiger partial charge in [-0.2, -0.15) is 0 Å². The summed E-state index contributed by atoms with van der Waals surface area (Å²) in [6.45, 7) is 0. The Bertz CT molecular complexity index is 644. The van der Waals surface area contributed by atoms with Crippen molar-refractivity contribution in [2.24, 2.45) is 0 Å². The molecule has 2 rings (SSSR count). The van der Waals surface area contributed by atoms with E-state index in [1.54, 1.807) is 5.38 Å². The molecule has 0 fully saturated rings. The van der Waals surface area contributed by atoms with Crippen molar-refractivity contribution in [2.45, 2.75) is 4.90 Å². The molecule has 0 amide bonds. The van der Waals surface area contributed by atoms with Crippen LogP contribution in [0.15, 0.2) is 40.7 Å². The smallest absolute Gasteiger partial charge is 0.263 e. The van der Waals surface area contributed by atoms with Crippen LogP contribution in [0.5, 0.6) is 0 Å². The lowest BCUT2D eigenvalue weighted by Gasteiger charge is -2.04. The maximum atomic E-state index is 12.1. The summed E-state index contributed by atoms with van der Waals surface area (Å²) in [7, 11) is -4.00. The molecular formula is C9H9N3O2S2. The Morgan fingerprint density at radius 2 is 2.19 bits per heavy atom. The number of rotatable bonds is 4. The molecule has 0 spiro atoms. The zero-order chi connectivity index (χ0) is 14.0. The van der Waals surface area contributed by atoms with E-state index in [-0.39, 0.29) is 15.7 Å². The summed E-state index contributed by atoms with van der Waals surface area (Å²) >= 11 is 1.04. The standard InChI is InChI=1S/C9H9N3O2S2/c10-7-1-3-8(4-2-7)16(13,14)12-9-11-5-6-15-9/h1-6H,10H2,(H,11,12)/i/hD3. The molecule has 0 bridgehead atoms. The van der Waals surface area contributed by atoms with E-state index < -0.39 is 10.0 Å². The molecule has 7 heteroatoms. The van der Waals surface area contributed by atoms with Gasteiger partial charge in [0.25, 0.3) is 10.0 Å². The van der Waals surface area contributed by atoms with E-state index in [0.717, 1.165) is 11.3 Å². The number of sulfonamides is 1. The van der Waals surface area contributed by atoms with Crippen LogP contribution in [-0.4, -0.2) is 13.4 Å². The van der Waals surface area contributed by atoms with Crippen LogP contribution >= 0.6 is 11.3 Å². The molecule has 0 radical (unpaired) electrons. The van der Waals surface area contributed by atoms with Gasteiger partial charge in [0.15, 0.2) is 9.37 Å². The first-order chi connectivity index (χ1) is 8.93. The van der Waals surface area contributed by atoms with E-state index in [1.807, 2.05) is 0 Å². The zero-order valence-corrected chi connectivity index (χ0v) is 9.57. The highest BCUT2D eigenvalue weighted by molar-refractivity contribution is 7.93. The number of hydrogen-bond acceptors (Lipinski definition) is 5. The van der Waals surface area contributed by atoms with E-state index in [2.05, 4.69) is 4.98 Å². The minimum absolute atomic E-state index is 0.0479. The Morgan fingerprint density at radius 3 is 2.75 bits per heavy atom. The Kier molecular flexibility index (Phi) is 1.96. The maximum Gasteiger partial charge on any atom is 0.263 e. The Labute approximate surface area is 101 Å². The number of aromatic nitrogens is 1. The third kappa shape index (κ3) is 2.31. The third-order valence-electron chi connectivity index (χ3n) is 1.75. The lowest BCUT2D eigenvalue weighted by molar-refractivity contribution is 0.601. The van der Waals surface area contributed by atoms with Crippen molar-refractivity contribution in [2.75, 3.05) is 10.4 Å². The van der Waals surface area contributed by atoms with E-state index >= 15 is 0 Å². The number of nitrogens with one attached hydrogen (secondary N) is 1. The SMILES string of the molecule is [2H]N([2H])c1ccc(S(=O)(=O)N([2H])c2nccs2)cc1. The lowest BCUT2D eigenvalue weighted by atomic mass is 10.3. The average Bonchev–Trinajstić information content (AvgIpc) is 2.91. The second kappa shape index (κ2) is 4.11. The van der Waals surface area contributed by atoms with Gasteiger partial charge >= 0.3 is 0 Å². The summed E-state index contributed by atoms with van der Waals surface area (Å²) in [4.78, 5) is 3.67. The second-order valence-electron chi connectivity index (χ2n) is 2.87. The van der Waals surface area contributed by atoms with E-state index in [0.29, 0.717) is 10.4 Å². The van der Waals surface area contributed by atoms with E-state index in [9.17, 15) is 8.42 Å². The van der Waals surface area contributed by atoms with Gasteiger partial charge in [-0.3, -0.25) is 4.72 Å². The van der Waals surface area contributed by atoms with Gasteiger partial charge in [-0.25, -0.2) is 13.4 Å². The molecule has 84 valence electrons. The predicted octanol–water partition coefficient (Wildman–Crippen LogP) is 1.53. The fraction of sp³-hybridized carbons (Fsp3) is 0. The van der Waals surface area contributed by atoms with E-state index in [1.165, 1.54) is 30.5 Å². The molecule has 3 N–H and O–H groups in total. The first kappa shape index (κ1) is 7.64. The van der Waals surface area contributed by atoms with Gasteiger partial charge < -0.3 is 5.72 Å². The first-order valence-corrected chi connectivity index (χ1v) is 6.56. The van der Waals surface area contributed by atoms with Gasteiger partial charge in [-0.05, 0) is 24.3 Å². The molecule has 0 saturated heterocycles. The highest BCUT2D eigenvalue weighted by Gasteiger charge is 2.14. The van der Waals surface area contributed by atoms with Crippen molar-refractivity contribution in [3.05, 3.63) is 35.8 Å². The van der Waals surface area contributed by atoms with Crippen molar-refractivity contribution in [3.8, 4) is 0 Å². The van der Waals surface area contributed by atoms with Crippen LogP contribution in [0.4, 0.5) is 10.8 Å². The van der Waals surface area contributed by atoms with Crippen LogP contribution in [0.1, 0.15) is 0 Å². The number of nitrogen functional groups attached to an aromatic ring is 1. The summed E-state index contributed by atoms with van der Waals surface area (Å²) in [5.41, 5.74) is 0.597. The van der Waals surface area contributed by atoms with Crippen LogP contribution < -0.4 is 10.4 Å². The van der Waals surface area contributed by atoms with Crippen LogP contribution in [-0.2, 0) is 10.0 Å². The summed E-state index contributed by atoms with van der Waals surface area (Å²) in [6.07, 6.45) is 1.41. The second-order valence-corrected chi connectivity index (χ2v) is 5.35. The minimum atomic E-state index is -4.00. The molecule has 0 aliphatic rings. The van der Waals surface area contributed by atoms with Crippen molar-refractivity contribution < 1.29 is 12.7 Å². The van der Waals surface area contributed by atoms with Gasteiger partial charge in [0.05, 0.1) is 4.90 Å². The van der Waals surface area contributed by atoms with Gasteiger partial charge in [0.2, 0.25) is 0 Å². The zero-order valence-electron chi connectivity index (χ0n) is 10.9. The maximum absolute atomic E-state index is 12.1. The normalized spacial score (nSPS) is 13.6. The number of nitrogens with zero attached hydrogens (tertiary/aromatic N) is 1. The molecule has 0 saturated carbocycles. The van der Waals surface area contributed by atoms with Crippen molar-refractivity contribution in [1.82, 2.24) is 4.98 Å². The molecule has 2 aromatic rings. The highest BCUT2D eigenvalue weighted by atomic mass is 32.2. The number of hydrogen-bond donors (Lipinski definition) is 2. The summed E-state index contributed by atoms with van der Waals surface area (Å²) in [5, 5.41) is 1.62. The Hall–Kier alpha value is -1.60. The van der Waals surface area contributed by atoms with Crippen molar-refractivity contribution >= 4 is 32.2 Å². The monoisotopic (exact) mass is 258 g/mol. The quantitative estimate of drug-likeness (QED) is 0.814. The van der Waals surface area contributed by atoms with Crippen LogP contribution in [0, 0.1) is 0 Å². The molecule has 5 nitrogen and oxygen atoms in total. The largest absolute Gasteiger partial charge is 0.399 e. The van der Waals surface area contributed by atoms with Gasteiger partial charge in [0.1, 0.15) is 0 Å². The fourth-order valence-corrected chi connectivity index (χ4v) is 2.70. The molecule has 1 aromatic heterocycles. The molecule has 16 heavy (non-hydrogen) atoms. The molecular weight excluding hydrogens is 246 g/mol.